The molecule has 0 spiro atoms. The van der Waals surface area contributed by atoms with Crippen molar-refractivity contribution in [3.63, 3.8) is 0 Å². The van der Waals surface area contributed by atoms with Crippen molar-refractivity contribution in [2.45, 2.75) is 0 Å². The molecule has 9 nitrogen and oxygen atoms in total. The lowest BCUT2D eigenvalue weighted by molar-refractivity contribution is -0.135. The number of carbonyl (C=O) groups is 2. The number of pyridine rings is 1. The van der Waals surface area contributed by atoms with Crippen molar-refractivity contribution in [1.29, 1.82) is 0 Å². The highest BCUT2D eigenvalue weighted by atomic mass is 16.5. The maximum Gasteiger partial charge on any atom is 0.322 e. The predicted octanol–water partition coefficient (Wildman–Crippen LogP) is 1.85. The third-order valence-corrected chi connectivity index (χ3v) is 3.38. The SMILES string of the molecule is O=C(O)CNC(=O)c1ncc(-c2ccc(Oc3ccccc3)nn2)cc1O. The number of para-hydroxylation sites is 1. The highest BCUT2D eigenvalue weighted by molar-refractivity contribution is 5.96. The van der Waals surface area contributed by atoms with Crippen molar-refractivity contribution in [2.75, 3.05) is 6.54 Å². The fraction of sp³-hybridized carbons (Fsp3) is 0.0556. The summed E-state index contributed by atoms with van der Waals surface area (Å²) in [6, 6.07) is 13.6. The number of ether oxygens (including phenoxy) is 1. The van der Waals surface area contributed by atoms with E-state index in [9.17, 15) is 14.7 Å². The monoisotopic (exact) mass is 366 g/mol. The Hall–Kier alpha value is -4.01. The second kappa shape index (κ2) is 7.91. The van der Waals surface area contributed by atoms with E-state index >= 15 is 0 Å². The molecule has 0 saturated heterocycles. The van der Waals surface area contributed by atoms with Gasteiger partial charge in [-0.15, -0.1) is 10.2 Å². The van der Waals surface area contributed by atoms with Crippen LogP contribution >= 0.6 is 0 Å². The molecule has 0 aliphatic rings. The molecule has 3 aromatic rings. The lowest BCUT2D eigenvalue weighted by Crippen LogP contribution is -2.29. The van der Waals surface area contributed by atoms with Crippen LogP contribution in [0.4, 0.5) is 0 Å². The number of aromatic hydroxyl groups is 1. The van der Waals surface area contributed by atoms with Gasteiger partial charge < -0.3 is 20.3 Å². The highest BCUT2D eigenvalue weighted by Gasteiger charge is 2.15. The maximum absolute atomic E-state index is 11.8. The molecule has 0 unspecified atom stereocenters. The molecule has 0 radical (unpaired) electrons. The first-order valence-corrected chi connectivity index (χ1v) is 7.79. The van der Waals surface area contributed by atoms with Gasteiger partial charge in [0.05, 0.1) is 5.69 Å². The van der Waals surface area contributed by atoms with Crippen LogP contribution in [0.15, 0.2) is 54.7 Å². The molecule has 2 aromatic heterocycles. The van der Waals surface area contributed by atoms with Gasteiger partial charge in [-0.2, -0.15) is 0 Å². The van der Waals surface area contributed by atoms with Crippen molar-refractivity contribution in [3.05, 3.63) is 60.4 Å². The van der Waals surface area contributed by atoms with Crippen molar-refractivity contribution in [3.8, 4) is 28.6 Å². The molecule has 0 saturated carbocycles. The fourth-order valence-corrected chi connectivity index (χ4v) is 2.15. The average Bonchev–Trinajstić information content (AvgIpc) is 2.67. The summed E-state index contributed by atoms with van der Waals surface area (Å²) in [7, 11) is 0. The first-order valence-electron chi connectivity index (χ1n) is 7.79. The number of benzene rings is 1. The summed E-state index contributed by atoms with van der Waals surface area (Å²) in [5.41, 5.74) is 0.564. The number of carboxylic acid groups (broad SMARTS) is 1. The van der Waals surface area contributed by atoms with Crippen LogP contribution in [0, 0.1) is 0 Å². The van der Waals surface area contributed by atoms with E-state index in [1.165, 1.54) is 12.3 Å². The molecule has 9 heteroatoms. The van der Waals surface area contributed by atoms with Gasteiger partial charge in [0.15, 0.2) is 5.69 Å². The Morgan fingerprint density at radius 1 is 1.07 bits per heavy atom. The number of aromatic nitrogens is 3. The van der Waals surface area contributed by atoms with Gasteiger partial charge in [-0.25, -0.2) is 4.98 Å². The second-order valence-corrected chi connectivity index (χ2v) is 5.34. The Bertz CT molecular complexity index is 961. The summed E-state index contributed by atoms with van der Waals surface area (Å²) in [5.74, 6) is -1.48. The Balaban J connectivity index is 1.73. The molecule has 3 N–H and O–H groups in total. The van der Waals surface area contributed by atoms with Gasteiger partial charge in [-0.3, -0.25) is 9.59 Å². The molecule has 27 heavy (non-hydrogen) atoms. The Labute approximate surface area is 153 Å². The second-order valence-electron chi connectivity index (χ2n) is 5.34. The number of aliphatic carboxylic acids is 1. The van der Waals surface area contributed by atoms with E-state index in [-0.39, 0.29) is 5.69 Å². The topological polar surface area (TPSA) is 135 Å². The van der Waals surface area contributed by atoms with Crippen LogP contribution in [-0.4, -0.2) is 43.8 Å². The number of hydrogen-bond donors (Lipinski definition) is 3. The summed E-state index contributed by atoms with van der Waals surface area (Å²) in [5, 5.41) is 28.7. The van der Waals surface area contributed by atoms with Crippen molar-refractivity contribution >= 4 is 11.9 Å². The third kappa shape index (κ3) is 4.54. The average molecular weight is 366 g/mol. The van der Waals surface area contributed by atoms with Crippen LogP contribution in [0.3, 0.4) is 0 Å². The lowest BCUT2D eigenvalue weighted by atomic mass is 10.1. The molecule has 0 bridgehead atoms. The van der Waals surface area contributed by atoms with Crippen molar-refractivity contribution in [1.82, 2.24) is 20.5 Å². The number of carbonyl (C=O) groups excluding carboxylic acids is 1. The van der Waals surface area contributed by atoms with Gasteiger partial charge in [0.25, 0.3) is 5.91 Å². The number of hydrogen-bond acceptors (Lipinski definition) is 7. The zero-order chi connectivity index (χ0) is 19.2. The first kappa shape index (κ1) is 17.8. The zero-order valence-corrected chi connectivity index (χ0v) is 13.9. The molecule has 0 aliphatic carbocycles. The molecule has 3 rings (SSSR count). The minimum absolute atomic E-state index is 0.281. The fourth-order valence-electron chi connectivity index (χ4n) is 2.15. The van der Waals surface area contributed by atoms with E-state index < -0.39 is 24.2 Å². The standard InChI is InChI=1S/C18H14N4O5/c23-14-8-11(9-19-17(14)18(26)20-10-16(24)25)13-6-7-15(22-21-13)27-12-4-2-1-3-5-12/h1-9,23H,10H2,(H,20,26)(H,24,25). The lowest BCUT2D eigenvalue weighted by Gasteiger charge is -2.07. The van der Waals surface area contributed by atoms with Gasteiger partial charge in [-0.05, 0) is 24.3 Å². The van der Waals surface area contributed by atoms with Crippen molar-refractivity contribution in [2.24, 2.45) is 0 Å². The largest absolute Gasteiger partial charge is 0.505 e. The van der Waals surface area contributed by atoms with Gasteiger partial charge >= 0.3 is 5.97 Å². The van der Waals surface area contributed by atoms with Crippen LogP contribution in [0.25, 0.3) is 11.3 Å². The molecule has 1 aromatic carbocycles. The van der Waals surface area contributed by atoms with Gasteiger partial charge in [0, 0.05) is 17.8 Å². The van der Waals surface area contributed by atoms with Gasteiger partial charge in [0.1, 0.15) is 18.0 Å². The quantitative estimate of drug-likeness (QED) is 0.602. The van der Waals surface area contributed by atoms with E-state index in [0.717, 1.165) is 0 Å². The summed E-state index contributed by atoms with van der Waals surface area (Å²) in [6.45, 7) is -0.573. The van der Waals surface area contributed by atoms with Crippen molar-refractivity contribution < 1.29 is 24.5 Å². The smallest absolute Gasteiger partial charge is 0.322 e. The van der Waals surface area contributed by atoms with Crippen LogP contribution in [0.2, 0.25) is 0 Å². The van der Waals surface area contributed by atoms with Gasteiger partial charge in [0.2, 0.25) is 5.88 Å². The van der Waals surface area contributed by atoms with Crippen LogP contribution in [-0.2, 0) is 4.79 Å². The Morgan fingerprint density at radius 2 is 1.85 bits per heavy atom. The molecule has 0 aliphatic heterocycles. The molecule has 0 fully saturated rings. The van der Waals surface area contributed by atoms with Crippen LogP contribution < -0.4 is 10.1 Å². The molecule has 0 atom stereocenters. The molecule has 136 valence electrons. The minimum Gasteiger partial charge on any atom is -0.505 e. The number of nitrogens with zero attached hydrogens (tertiary/aromatic N) is 3. The van der Waals surface area contributed by atoms with E-state index in [0.29, 0.717) is 22.9 Å². The summed E-state index contributed by atoms with van der Waals surface area (Å²) >= 11 is 0. The molecule has 2 heterocycles. The summed E-state index contributed by atoms with van der Waals surface area (Å²) in [4.78, 5) is 26.1. The normalized spacial score (nSPS) is 10.2. The van der Waals surface area contributed by atoms with E-state index in [1.807, 2.05) is 18.2 Å². The van der Waals surface area contributed by atoms with E-state index in [4.69, 9.17) is 9.84 Å². The summed E-state index contributed by atoms with van der Waals surface area (Å²) in [6.07, 6.45) is 1.33. The Morgan fingerprint density at radius 3 is 2.48 bits per heavy atom. The highest BCUT2D eigenvalue weighted by Crippen LogP contribution is 2.25. The summed E-state index contributed by atoms with van der Waals surface area (Å²) < 4.78 is 5.55. The zero-order valence-electron chi connectivity index (χ0n) is 13.9. The number of carboxylic acids is 1. The van der Waals surface area contributed by atoms with Crippen LogP contribution in [0.1, 0.15) is 10.5 Å². The predicted molar refractivity (Wildman–Crippen MR) is 93.4 cm³/mol. The molecular weight excluding hydrogens is 352 g/mol. The van der Waals surface area contributed by atoms with E-state index in [1.54, 1.807) is 24.3 Å². The van der Waals surface area contributed by atoms with Crippen LogP contribution in [0.5, 0.6) is 17.4 Å². The minimum atomic E-state index is -1.20. The Kier molecular flexibility index (Phi) is 5.22. The third-order valence-electron chi connectivity index (χ3n) is 3.38. The number of rotatable bonds is 6. The molecular formula is C18H14N4O5. The number of amides is 1. The van der Waals surface area contributed by atoms with Gasteiger partial charge in [-0.1, -0.05) is 18.2 Å². The molecule has 1 amide bonds. The number of nitrogens with one attached hydrogen (secondary N) is 1. The van der Waals surface area contributed by atoms with E-state index in [2.05, 4.69) is 20.5 Å². The first-order chi connectivity index (χ1) is 13.0. The maximum atomic E-state index is 11.8.